The monoisotopic (exact) mass is 338 g/mol. The van der Waals surface area contributed by atoms with Crippen LogP contribution in [-0.4, -0.2) is 28.9 Å². The molecule has 5 heteroatoms. The summed E-state index contributed by atoms with van der Waals surface area (Å²) in [7, 11) is 1.46. The fraction of sp³-hybridized carbons (Fsp3) is 0.300. The van der Waals surface area contributed by atoms with Crippen LogP contribution in [0.4, 0.5) is 0 Å². The van der Waals surface area contributed by atoms with Gasteiger partial charge in [0.1, 0.15) is 5.75 Å². The molecule has 0 amide bonds. The number of rotatable bonds is 1. The second-order valence-electron chi connectivity index (χ2n) is 6.71. The molecule has 25 heavy (non-hydrogen) atoms. The molecular formula is C20H18O5. The number of ketones is 2. The first-order chi connectivity index (χ1) is 12.0. The minimum absolute atomic E-state index is 0.123. The van der Waals surface area contributed by atoms with Crippen molar-refractivity contribution in [1.29, 1.82) is 0 Å². The third-order valence-electron chi connectivity index (χ3n) is 5.25. The molecule has 0 aromatic heterocycles. The molecule has 0 radical (unpaired) electrons. The van der Waals surface area contributed by atoms with Crippen molar-refractivity contribution >= 4 is 11.6 Å². The van der Waals surface area contributed by atoms with Gasteiger partial charge >= 0.3 is 0 Å². The van der Waals surface area contributed by atoms with Crippen LogP contribution in [0.25, 0.3) is 0 Å². The molecular weight excluding hydrogens is 320 g/mol. The molecule has 2 aliphatic carbocycles. The second-order valence-corrected chi connectivity index (χ2v) is 6.71. The number of hydrogen-bond donors (Lipinski definition) is 2. The molecule has 0 heterocycles. The molecule has 3 unspecified atom stereocenters. The summed E-state index contributed by atoms with van der Waals surface area (Å²) in [5.74, 6) is -0.387. The van der Waals surface area contributed by atoms with Crippen LogP contribution in [0.2, 0.25) is 0 Å². The molecule has 0 saturated heterocycles. The quantitative estimate of drug-likeness (QED) is 0.712. The zero-order valence-corrected chi connectivity index (χ0v) is 13.9. The molecule has 5 nitrogen and oxygen atoms in total. The highest BCUT2D eigenvalue weighted by molar-refractivity contribution is 6.30. The van der Waals surface area contributed by atoms with Crippen molar-refractivity contribution < 1.29 is 24.5 Å². The lowest BCUT2D eigenvalue weighted by atomic mass is 9.73. The molecule has 0 spiro atoms. The van der Waals surface area contributed by atoms with Crippen LogP contribution < -0.4 is 4.74 Å². The summed E-state index contributed by atoms with van der Waals surface area (Å²) in [4.78, 5) is 26.1. The van der Waals surface area contributed by atoms with Crippen LogP contribution in [0.3, 0.4) is 0 Å². The molecule has 2 aromatic carbocycles. The highest BCUT2D eigenvalue weighted by atomic mass is 16.5. The number of aliphatic hydroxyl groups is 2. The van der Waals surface area contributed by atoms with Gasteiger partial charge in [-0.05, 0) is 35.6 Å². The number of benzene rings is 2. The maximum Gasteiger partial charge on any atom is 0.198 e. The Morgan fingerprint density at radius 1 is 1.00 bits per heavy atom. The number of fused-ring (bicyclic) bond motifs is 4. The van der Waals surface area contributed by atoms with E-state index in [1.54, 1.807) is 30.3 Å². The van der Waals surface area contributed by atoms with Crippen LogP contribution in [0, 0.1) is 5.92 Å². The summed E-state index contributed by atoms with van der Waals surface area (Å²) in [5.41, 5.74) is 1.89. The Labute approximate surface area is 144 Å². The van der Waals surface area contributed by atoms with Gasteiger partial charge in [-0.1, -0.05) is 25.1 Å². The number of aliphatic hydroxyl groups excluding tert-OH is 2. The second kappa shape index (κ2) is 5.51. The molecule has 0 bridgehead atoms. The molecule has 2 aromatic rings. The van der Waals surface area contributed by atoms with Gasteiger partial charge in [-0.15, -0.1) is 0 Å². The zero-order chi connectivity index (χ0) is 17.9. The van der Waals surface area contributed by atoms with Crippen molar-refractivity contribution in [3.05, 3.63) is 63.7 Å². The summed E-state index contributed by atoms with van der Waals surface area (Å²) in [5, 5.41) is 21.0. The van der Waals surface area contributed by atoms with E-state index >= 15 is 0 Å². The van der Waals surface area contributed by atoms with Crippen molar-refractivity contribution in [2.45, 2.75) is 25.6 Å². The lowest BCUT2D eigenvalue weighted by molar-refractivity contribution is 0.0459. The predicted octanol–water partition coefficient (Wildman–Crippen LogP) is 2.58. The van der Waals surface area contributed by atoms with Gasteiger partial charge in [-0.3, -0.25) is 9.59 Å². The maximum absolute atomic E-state index is 13.1. The van der Waals surface area contributed by atoms with E-state index in [0.717, 1.165) is 0 Å². The summed E-state index contributed by atoms with van der Waals surface area (Å²) < 4.78 is 5.25. The normalized spacial score (nSPS) is 24.4. The SMILES string of the molecule is COc1cccc2c1C(=O)c1ccc3c(c1C2=O)C(O)CC(C)C3O. The number of ether oxygens (including phenoxy) is 1. The Balaban J connectivity index is 2.01. The number of hydrogen-bond acceptors (Lipinski definition) is 5. The Morgan fingerprint density at radius 2 is 1.68 bits per heavy atom. The summed E-state index contributed by atoms with van der Waals surface area (Å²) >= 11 is 0. The van der Waals surface area contributed by atoms with Gasteiger partial charge in [0.2, 0.25) is 0 Å². The zero-order valence-electron chi connectivity index (χ0n) is 13.9. The average molecular weight is 338 g/mol. The minimum Gasteiger partial charge on any atom is -0.496 e. The summed E-state index contributed by atoms with van der Waals surface area (Å²) in [6.07, 6.45) is -1.30. The Bertz CT molecular complexity index is 915. The minimum atomic E-state index is -0.882. The standard InChI is InChI=1S/C20H18O5/c1-9-8-13(21)15-11(18(9)22)6-7-12-17(15)20(24)10-4-3-5-14(25-2)16(10)19(12)23/h3-7,9,13,18,21-22H,8H2,1-2H3. The van der Waals surface area contributed by atoms with Crippen molar-refractivity contribution in [2.24, 2.45) is 5.92 Å². The van der Waals surface area contributed by atoms with Gasteiger partial charge in [0, 0.05) is 16.7 Å². The Hall–Kier alpha value is -2.50. The first kappa shape index (κ1) is 16.0. The van der Waals surface area contributed by atoms with Crippen LogP contribution in [0.15, 0.2) is 30.3 Å². The third-order valence-corrected chi connectivity index (χ3v) is 5.25. The molecule has 2 N–H and O–H groups in total. The smallest absolute Gasteiger partial charge is 0.198 e. The number of methoxy groups -OCH3 is 1. The Morgan fingerprint density at radius 3 is 2.40 bits per heavy atom. The molecule has 3 atom stereocenters. The lowest BCUT2D eigenvalue weighted by Gasteiger charge is -2.34. The molecule has 0 saturated carbocycles. The molecule has 128 valence electrons. The summed E-state index contributed by atoms with van der Waals surface area (Å²) in [6, 6.07) is 8.11. The first-order valence-electron chi connectivity index (χ1n) is 8.25. The van der Waals surface area contributed by atoms with Gasteiger partial charge in [0.25, 0.3) is 0 Å². The predicted molar refractivity (Wildman–Crippen MR) is 90.0 cm³/mol. The van der Waals surface area contributed by atoms with Gasteiger partial charge in [-0.2, -0.15) is 0 Å². The topological polar surface area (TPSA) is 83.8 Å². The van der Waals surface area contributed by atoms with E-state index < -0.39 is 12.2 Å². The van der Waals surface area contributed by atoms with E-state index in [1.165, 1.54) is 7.11 Å². The van der Waals surface area contributed by atoms with Gasteiger partial charge in [0.05, 0.1) is 24.9 Å². The van der Waals surface area contributed by atoms with E-state index in [2.05, 4.69) is 0 Å². The third kappa shape index (κ3) is 2.09. The van der Waals surface area contributed by atoms with E-state index in [9.17, 15) is 19.8 Å². The van der Waals surface area contributed by atoms with Crippen molar-refractivity contribution in [1.82, 2.24) is 0 Å². The average Bonchev–Trinajstić information content (AvgIpc) is 2.62. The first-order valence-corrected chi connectivity index (χ1v) is 8.25. The maximum atomic E-state index is 13.1. The number of carbonyl (C=O) groups excluding carboxylic acids is 2. The van der Waals surface area contributed by atoms with Crippen molar-refractivity contribution in [3.8, 4) is 5.75 Å². The van der Waals surface area contributed by atoms with Gasteiger partial charge < -0.3 is 14.9 Å². The fourth-order valence-electron chi connectivity index (χ4n) is 3.99. The molecule has 0 fully saturated rings. The van der Waals surface area contributed by atoms with E-state index in [-0.39, 0.29) is 39.7 Å². The Kier molecular flexibility index (Phi) is 3.52. The highest BCUT2D eigenvalue weighted by Crippen LogP contribution is 2.45. The van der Waals surface area contributed by atoms with Crippen LogP contribution in [-0.2, 0) is 0 Å². The van der Waals surface area contributed by atoms with Crippen LogP contribution in [0.1, 0.15) is 68.5 Å². The van der Waals surface area contributed by atoms with E-state index in [4.69, 9.17) is 4.74 Å². The molecule has 2 aliphatic rings. The number of carbonyl (C=O) groups is 2. The van der Waals surface area contributed by atoms with Gasteiger partial charge in [0.15, 0.2) is 11.6 Å². The van der Waals surface area contributed by atoms with Crippen LogP contribution >= 0.6 is 0 Å². The molecule has 4 rings (SSSR count). The summed E-state index contributed by atoms with van der Waals surface area (Å²) in [6.45, 7) is 1.85. The van der Waals surface area contributed by atoms with Crippen LogP contribution in [0.5, 0.6) is 5.75 Å². The van der Waals surface area contributed by atoms with E-state index in [1.807, 2.05) is 6.92 Å². The van der Waals surface area contributed by atoms with Crippen molar-refractivity contribution in [3.63, 3.8) is 0 Å². The molecule has 0 aliphatic heterocycles. The van der Waals surface area contributed by atoms with E-state index in [0.29, 0.717) is 23.3 Å². The largest absolute Gasteiger partial charge is 0.496 e. The highest BCUT2D eigenvalue weighted by Gasteiger charge is 2.40. The van der Waals surface area contributed by atoms with Gasteiger partial charge in [-0.25, -0.2) is 0 Å². The van der Waals surface area contributed by atoms with Crippen molar-refractivity contribution in [2.75, 3.05) is 7.11 Å². The lowest BCUT2D eigenvalue weighted by Crippen LogP contribution is -2.29. The fourth-order valence-corrected chi connectivity index (χ4v) is 3.99.